The van der Waals surface area contributed by atoms with Crippen LogP contribution in [0.15, 0.2) is 78.9 Å². The van der Waals surface area contributed by atoms with Crippen LogP contribution in [0.25, 0.3) is 0 Å². The number of hydrogen-bond donors (Lipinski definition) is 1. The molecule has 1 atom stereocenters. The van der Waals surface area contributed by atoms with E-state index in [0.29, 0.717) is 5.92 Å². The highest BCUT2D eigenvalue weighted by Crippen LogP contribution is 2.27. The average Bonchev–Trinajstić information content (AvgIpc) is 2.85. The van der Waals surface area contributed by atoms with Crippen molar-refractivity contribution in [2.45, 2.75) is 38.8 Å². The fourth-order valence-electron chi connectivity index (χ4n) is 4.71. The van der Waals surface area contributed by atoms with Crippen LogP contribution in [0.5, 0.6) is 17.2 Å². The highest BCUT2D eigenvalue weighted by Gasteiger charge is 2.27. The van der Waals surface area contributed by atoms with Crippen molar-refractivity contribution in [1.82, 2.24) is 10.2 Å². The minimum absolute atomic E-state index is 0.0300. The molecule has 4 rings (SSSR count). The Morgan fingerprint density at radius 2 is 1.62 bits per heavy atom. The zero-order valence-electron chi connectivity index (χ0n) is 20.1. The van der Waals surface area contributed by atoms with E-state index in [1.807, 2.05) is 54.6 Å². The molecule has 0 spiro atoms. The molecule has 1 unspecified atom stereocenters. The van der Waals surface area contributed by atoms with Gasteiger partial charge in [0.25, 0.3) is 0 Å². The maximum Gasteiger partial charge on any atom is 0.217 e. The van der Waals surface area contributed by atoms with Crippen LogP contribution < -0.4 is 14.8 Å². The number of para-hydroxylation sites is 1. The monoisotopic (exact) mass is 458 g/mol. The Labute approximate surface area is 202 Å². The summed E-state index contributed by atoms with van der Waals surface area (Å²) in [6, 6.07) is 26.4. The second-order valence-corrected chi connectivity index (χ2v) is 9.04. The van der Waals surface area contributed by atoms with Gasteiger partial charge in [0.05, 0.1) is 7.11 Å². The molecule has 1 N–H and O–H groups in total. The third kappa shape index (κ3) is 6.84. The number of likely N-dealkylation sites (tertiary alicyclic amines) is 1. The summed E-state index contributed by atoms with van der Waals surface area (Å²) in [5.74, 6) is 3.01. The van der Waals surface area contributed by atoms with Crippen LogP contribution >= 0.6 is 0 Å². The van der Waals surface area contributed by atoms with E-state index in [0.717, 1.165) is 56.1 Å². The van der Waals surface area contributed by atoms with E-state index in [2.05, 4.69) is 34.5 Å². The number of methoxy groups -OCH3 is 1. The van der Waals surface area contributed by atoms with Crippen LogP contribution in [0.2, 0.25) is 0 Å². The summed E-state index contributed by atoms with van der Waals surface area (Å²) in [5.41, 5.74) is 2.47. The van der Waals surface area contributed by atoms with Crippen LogP contribution in [-0.2, 0) is 17.8 Å². The predicted molar refractivity (Wildman–Crippen MR) is 135 cm³/mol. The molecule has 0 aromatic heterocycles. The van der Waals surface area contributed by atoms with Crippen molar-refractivity contribution in [2.24, 2.45) is 5.92 Å². The van der Waals surface area contributed by atoms with Crippen LogP contribution in [0, 0.1) is 5.92 Å². The van der Waals surface area contributed by atoms with Gasteiger partial charge in [-0.25, -0.2) is 0 Å². The molecule has 34 heavy (non-hydrogen) atoms. The Hall–Kier alpha value is -3.31. The lowest BCUT2D eigenvalue weighted by molar-refractivity contribution is -0.120. The maximum absolute atomic E-state index is 12.0. The number of carbonyl (C=O) groups is 1. The minimum Gasteiger partial charge on any atom is -0.497 e. The third-order valence-electron chi connectivity index (χ3n) is 6.49. The van der Waals surface area contributed by atoms with Crippen molar-refractivity contribution in [3.63, 3.8) is 0 Å². The first-order chi connectivity index (χ1) is 16.6. The number of amides is 1. The second kappa shape index (κ2) is 11.7. The first-order valence-corrected chi connectivity index (χ1v) is 12.0. The molecule has 1 saturated heterocycles. The van der Waals surface area contributed by atoms with Crippen LogP contribution in [0.1, 0.15) is 30.9 Å². The molecule has 1 heterocycles. The van der Waals surface area contributed by atoms with Crippen molar-refractivity contribution < 1.29 is 14.3 Å². The molecule has 0 bridgehead atoms. The molecular formula is C29H34N2O3. The Bertz CT molecular complexity index is 1040. The molecule has 5 heteroatoms. The number of nitrogens with one attached hydrogen (secondary N) is 1. The molecule has 1 amide bonds. The van der Waals surface area contributed by atoms with Gasteiger partial charge < -0.3 is 14.8 Å². The molecule has 0 saturated carbocycles. The molecule has 1 aliphatic heterocycles. The van der Waals surface area contributed by atoms with Crippen molar-refractivity contribution in [3.05, 3.63) is 90.0 Å². The van der Waals surface area contributed by atoms with Crippen molar-refractivity contribution in [2.75, 3.05) is 20.2 Å². The van der Waals surface area contributed by atoms with Crippen LogP contribution in [-0.4, -0.2) is 37.0 Å². The molecule has 3 aromatic rings. The number of piperidine rings is 1. The quantitative estimate of drug-likeness (QED) is 0.463. The van der Waals surface area contributed by atoms with Gasteiger partial charge in [0, 0.05) is 19.5 Å². The summed E-state index contributed by atoms with van der Waals surface area (Å²) in [6.45, 7) is 4.62. The third-order valence-corrected chi connectivity index (χ3v) is 6.49. The number of rotatable bonds is 9. The van der Waals surface area contributed by atoms with Gasteiger partial charge in [-0.3, -0.25) is 9.69 Å². The van der Waals surface area contributed by atoms with Crippen molar-refractivity contribution in [3.8, 4) is 17.2 Å². The Balaban J connectivity index is 1.36. The SMILES string of the molecule is COc1ccc(CN2CCC(C(Cc3cccc(Oc4ccccc4)c3)NC(C)=O)CC2)cc1. The molecule has 1 fully saturated rings. The molecule has 5 nitrogen and oxygen atoms in total. The summed E-state index contributed by atoms with van der Waals surface area (Å²) in [5, 5.41) is 3.23. The first-order valence-electron chi connectivity index (χ1n) is 12.0. The molecule has 178 valence electrons. The van der Waals surface area contributed by atoms with E-state index in [-0.39, 0.29) is 11.9 Å². The van der Waals surface area contributed by atoms with E-state index < -0.39 is 0 Å². The highest BCUT2D eigenvalue weighted by molar-refractivity contribution is 5.73. The number of carbonyl (C=O) groups excluding carboxylic acids is 1. The standard InChI is InChI=1S/C29H34N2O3/c1-22(32)30-29(20-24-7-6-10-28(19-24)34-27-8-4-3-5-9-27)25-15-17-31(18-16-25)21-23-11-13-26(33-2)14-12-23/h3-14,19,25,29H,15-18,20-21H2,1-2H3,(H,30,32). The number of benzene rings is 3. The van der Waals surface area contributed by atoms with E-state index in [9.17, 15) is 4.79 Å². The molecule has 0 aliphatic carbocycles. The van der Waals surface area contributed by atoms with Gasteiger partial charge in [-0.2, -0.15) is 0 Å². The Morgan fingerprint density at radius 3 is 2.29 bits per heavy atom. The van der Waals surface area contributed by atoms with E-state index in [1.54, 1.807) is 14.0 Å². The number of nitrogens with zero attached hydrogens (tertiary/aromatic N) is 1. The first kappa shape index (κ1) is 23.8. The van der Waals surface area contributed by atoms with Gasteiger partial charge in [0.15, 0.2) is 0 Å². The summed E-state index contributed by atoms with van der Waals surface area (Å²) in [6.07, 6.45) is 2.94. The van der Waals surface area contributed by atoms with Crippen molar-refractivity contribution in [1.29, 1.82) is 0 Å². The lowest BCUT2D eigenvalue weighted by atomic mass is 9.85. The topological polar surface area (TPSA) is 50.8 Å². The summed E-state index contributed by atoms with van der Waals surface area (Å²) < 4.78 is 11.3. The smallest absolute Gasteiger partial charge is 0.217 e. The van der Waals surface area contributed by atoms with Crippen LogP contribution in [0.4, 0.5) is 0 Å². The molecule has 0 radical (unpaired) electrons. The highest BCUT2D eigenvalue weighted by atomic mass is 16.5. The minimum atomic E-state index is 0.0300. The Morgan fingerprint density at radius 1 is 0.912 bits per heavy atom. The summed E-state index contributed by atoms with van der Waals surface area (Å²) >= 11 is 0. The van der Waals surface area contributed by atoms with Gasteiger partial charge in [-0.15, -0.1) is 0 Å². The van der Waals surface area contributed by atoms with Crippen LogP contribution in [0.3, 0.4) is 0 Å². The molecular weight excluding hydrogens is 424 g/mol. The zero-order chi connectivity index (χ0) is 23.8. The van der Waals surface area contributed by atoms with Gasteiger partial charge in [0.1, 0.15) is 17.2 Å². The normalized spacial score (nSPS) is 15.5. The van der Waals surface area contributed by atoms with E-state index >= 15 is 0 Å². The summed E-state index contributed by atoms with van der Waals surface area (Å²) in [7, 11) is 1.69. The van der Waals surface area contributed by atoms with E-state index in [4.69, 9.17) is 9.47 Å². The van der Waals surface area contributed by atoms with Gasteiger partial charge in [0.2, 0.25) is 5.91 Å². The average molecular weight is 459 g/mol. The summed E-state index contributed by atoms with van der Waals surface area (Å²) in [4.78, 5) is 14.5. The number of hydrogen-bond acceptors (Lipinski definition) is 4. The number of ether oxygens (including phenoxy) is 2. The van der Waals surface area contributed by atoms with Gasteiger partial charge in [-0.05, 0) is 85.8 Å². The van der Waals surface area contributed by atoms with E-state index in [1.165, 1.54) is 11.1 Å². The lowest BCUT2D eigenvalue weighted by Crippen LogP contribution is -2.45. The fourth-order valence-corrected chi connectivity index (χ4v) is 4.71. The Kier molecular flexibility index (Phi) is 8.21. The van der Waals surface area contributed by atoms with Gasteiger partial charge >= 0.3 is 0 Å². The maximum atomic E-state index is 12.0. The second-order valence-electron chi connectivity index (χ2n) is 9.04. The molecule has 3 aromatic carbocycles. The van der Waals surface area contributed by atoms with Crippen molar-refractivity contribution >= 4 is 5.91 Å². The van der Waals surface area contributed by atoms with Gasteiger partial charge in [-0.1, -0.05) is 42.5 Å². The fraction of sp³-hybridized carbons (Fsp3) is 0.345. The molecule has 1 aliphatic rings. The largest absolute Gasteiger partial charge is 0.497 e. The zero-order valence-corrected chi connectivity index (χ0v) is 20.1. The predicted octanol–water partition coefficient (Wildman–Crippen LogP) is 5.45. The lowest BCUT2D eigenvalue weighted by Gasteiger charge is -2.36.